The van der Waals surface area contributed by atoms with Crippen LogP contribution in [0.15, 0.2) is 0 Å². The maximum Gasteiger partial charge on any atom is 0.239 e. The Balaban J connectivity index is 1.95. The van der Waals surface area contributed by atoms with Crippen molar-refractivity contribution in [1.82, 2.24) is 25.6 Å². The summed E-state index contributed by atoms with van der Waals surface area (Å²) < 4.78 is 0. The first-order valence-corrected chi connectivity index (χ1v) is 8.70. The number of hydrogen-bond acceptors (Lipinski definition) is 7. The van der Waals surface area contributed by atoms with Crippen LogP contribution in [0.5, 0.6) is 0 Å². The monoisotopic (exact) mass is 349 g/mol. The molecular formula is C16H27N7O2. The third-order valence-electron chi connectivity index (χ3n) is 3.81. The minimum absolute atomic E-state index is 0.0383. The van der Waals surface area contributed by atoms with Gasteiger partial charge in [0.2, 0.25) is 23.7 Å². The Morgan fingerprint density at radius 3 is 2.44 bits per heavy atom. The minimum Gasteiger partial charge on any atom is -0.347 e. The van der Waals surface area contributed by atoms with Crippen molar-refractivity contribution < 1.29 is 9.59 Å². The van der Waals surface area contributed by atoms with Gasteiger partial charge in [-0.05, 0) is 19.3 Å². The molecule has 138 valence electrons. The van der Waals surface area contributed by atoms with Crippen molar-refractivity contribution >= 4 is 23.7 Å². The molecule has 9 heteroatoms. The Morgan fingerprint density at radius 1 is 1.08 bits per heavy atom. The minimum atomic E-state index is -0.265. The molecule has 1 aromatic heterocycles. The van der Waals surface area contributed by atoms with E-state index in [1.807, 2.05) is 25.9 Å². The molecule has 2 amide bonds. The van der Waals surface area contributed by atoms with Crippen LogP contribution in [0.1, 0.15) is 38.4 Å². The fraction of sp³-hybridized carbons (Fsp3) is 0.688. The van der Waals surface area contributed by atoms with Gasteiger partial charge in [0.05, 0.1) is 13.1 Å². The lowest BCUT2D eigenvalue weighted by Gasteiger charge is -2.19. The van der Waals surface area contributed by atoms with Crippen LogP contribution in [-0.2, 0) is 16.1 Å². The van der Waals surface area contributed by atoms with E-state index in [2.05, 4.69) is 30.5 Å². The largest absolute Gasteiger partial charge is 0.347 e. The predicted octanol–water partition coefficient (Wildman–Crippen LogP) is 0.0703. The van der Waals surface area contributed by atoms with Crippen molar-refractivity contribution in [2.24, 2.45) is 0 Å². The van der Waals surface area contributed by atoms with Crippen molar-refractivity contribution in [3.63, 3.8) is 0 Å². The van der Waals surface area contributed by atoms with Gasteiger partial charge in [0.25, 0.3) is 0 Å². The Kier molecular flexibility index (Phi) is 6.91. The maximum atomic E-state index is 11.9. The number of nitrogens with zero attached hydrogens (tertiary/aromatic N) is 5. The van der Waals surface area contributed by atoms with Crippen molar-refractivity contribution in [2.75, 3.05) is 43.5 Å². The van der Waals surface area contributed by atoms with E-state index in [4.69, 9.17) is 0 Å². The number of aromatic nitrogens is 3. The maximum absolute atomic E-state index is 11.9. The summed E-state index contributed by atoms with van der Waals surface area (Å²) in [5, 5.41) is 5.32. The van der Waals surface area contributed by atoms with Crippen LogP contribution in [0.4, 0.5) is 11.9 Å². The van der Waals surface area contributed by atoms with E-state index in [-0.39, 0.29) is 24.9 Å². The van der Waals surface area contributed by atoms with E-state index in [9.17, 15) is 9.59 Å². The highest BCUT2D eigenvalue weighted by Crippen LogP contribution is 2.17. The highest BCUT2D eigenvalue weighted by Gasteiger charge is 2.18. The molecule has 9 nitrogen and oxygen atoms in total. The summed E-state index contributed by atoms with van der Waals surface area (Å²) in [6.45, 7) is 3.95. The zero-order valence-corrected chi connectivity index (χ0v) is 15.2. The molecule has 2 rings (SSSR count). The van der Waals surface area contributed by atoms with E-state index in [0.717, 1.165) is 32.4 Å². The first kappa shape index (κ1) is 18.9. The van der Waals surface area contributed by atoms with Gasteiger partial charge in [-0.15, -0.1) is 0 Å². The van der Waals surface area contributed by atoms with Gasteiger partial charge in [-0.1, -0.05) is 6.92 Å². The Morgan fingerprint density at radius 2 is 1.80 bits per heavy atom. The number of nitrogens with one attached hydrogen (secondary N) is 2. The van der Waals surface area contributed by atoms with E-state index in [1.54, 1.807) is 0 Å². The molecule has 2 heterocycles. The van der Waals surface area contributed by atoms with Gasteiger partial charge in [-0.2, -0.15) is 15.0 Å². The van der Waals surface area contributed by atoms with Gasteiger partial charge in [-0.3, -0.25) is 9.59 Å². The number of amides is 2. The van der Waals surface area contributed by atoms with Crippen LogP contribution >= 0.6 is 0 Å². The van der Waals surface area contributed by atoms with Crippen LogP contribution in [0.2, 0.25) is 0 Å². The summed E-state index contributed by atoms with van der Waals surface area (Å²) in [6.07, 6.45) is 3.44. The van der Waals surface area contributed by atoms with Crippen LogP contribution in [0, 0.1) is 0 Å². The van der Waals surface area contributed by atoms with Gasteiger partial charge in [0.15, 0.2) is 5.82 Å². The summed E-state index contributed by atoms with van der Waals surface area (Å²) >= 11 is 0. The zero-order chi connectivity index (χ0) is 18.2. The molecule has 0 saturated carbocycles. The summed E-state index contributed by atoms with van der Waals surface area (Å²) in [4.78, 5) is 40.5. The number of hydrogen-bond donors (Lipinski definition) is 2. The lowest BCUT2D eigenvalue weighted by molar-refractivity contribution is -0.126. The second-order valence-electron chi connectivity index (χ2n) is 6.24. The summed E-state index contributed by atoms with van der Waals surface area (Å²) in [7, 11) is 3.74. The fourth-order valence-electron chi connectivity index (χ4n) is 2.47. The standard InChI is InChI=1S/C16H27N7O2/c1-4-7-13(24)18-11-14(25)17-10-12-19-15(22(2)3)21-16(20-12)23-8-5-6-9-23/h4-11H2,1-3H3,(H,17,25)(H,18,24). The smallest absolute Gasteiger partial charge is 0.239 e. The molecule has 0 unspecified atom stereocenters. The molecular weight excluding hydrogens is 322 g/mol. The van der Waals surface area contributed by atoms with Gasteiger partial charge in [-0.25, -0.2) is 0 Å². The first-order valence-electron chi connectivity index (χ1n) is 8.70. The number of carbonyl (C=O) groups is 2. The molecule has 1 aromatic rings. The first-order chi connectivity index (χ1) is 12.0. The molecule has 1 saturated heterocycles. The average Bonchev–Trinajstić information content (AvgIpc) is 3.13. The highest BCUT2D eigenvalue weighted by molar-refractivity contribution is 5.84. The zero-order valence-electron chi connectivity index (χ0n) is 15.2. The van der Waals surface area contributed by atoms with Gasteiger partial charge < -0.3 is 20.4 Å². The lowest BCUT2D eigenvalue weighted by Crippen LogP contribution is -2.37. The van der Waals surface area contributed by atoms with Gasteiger partial charge in [0, 0.05) is 33.6 Å². The molecule has 25 heavy (non-hydrogen) atoms. The van der Waals surface area contributed by atoms with Gasteiger partial charge >= 0.3 is 0 Å². The molecule has 2 N–H and O–H groups in total. The number of rotatable bonds is 8. The van der Waals surface area contributed by atoms with Crippen molar-refractivity contribution in [1.29, 1.82) is 0 Å². The number of carbonyl (C=O) groups excluding carboxylic acids is 2. The SMILES string of the molecule is CCCC(=O)NCC(=O)NCc1nc(N(C)C)nc(N2CCCC2)n1. The summed E-state index contributed by atoms with van der Waals surface area (Å²) in [5.41, 5.74) is 0. The van der Waals surface area contributed by atoms with Crippen LogP contribution in [0.25, 0.3) is 0 Å². The quantitative estimate of drug-likeness (QED) is 0.684. The Labute approximate surface area is 148 Å². The van der Waals surface area contributed by atoms with Crippen molar-refractivity contribution in [2.45, 2.75) is 39.2 Å². The molecule has 0 atom stereocenters. The van der Waals surface area contributed by atoms with E-state index in [1.165, 1.54) is 0 Å². The molecule has 0 aromatic carbocycles. The van der Waals surface area contributed by atoms with E-state index in [0.29, 0.717) is 24.1 Å². The lowest BCUT2D eigenvalue weighted by atomic mass is 10.3. The molecule has 0 bridgehead atoms. The highest BCUT2D eigenvalue weighted by atomic mass is 16.2. The normalized spacial score (nSPS) is 13.6. The van der Waals surface area contributed by atoms with Crippen LogP contribution in [-0.4, -0.2) is 60.5 Å². The third kappa shape index (κ3) is 5.84. The molecule has 1 aliphatic rings. The molecule has 0 aliphatic carbocycles. The van der Waals surface area contributed by atoms with E-state index >= 15 is 0 Å². The predicted molar refractivity (Wildman–Crippen MR) is 95.4 cm³/mol. The summed E-state index contributed by atoms with van der Waals surface area (Å²) in [5.74, 6) is 1.34. The van der Waals surface area contributed by atoms with Crippen molar-refractivity contribution in [3.8, 4) is 0 Å². The molecule has 1 aliphatic heterocycles. The van der Waals surface area contributed by atoms with Crippen molar-refractivity contribution in [3.05, 3.63) is 5.82 Å². The average molecular weight is 349 g/mol. The molecule has 0 spiro atoms. The van der Waals surface area contributed by atoms with Crippen LogP contribution < -0.4 is 20.4 Å². The summed E-state index contributed by atoms with van der Waals surface area (Å²) in [6, 6.07) is 0. The van der Waals surface area contributed by atoms with Gasteiger partial charge in [0.1, 0.15) is 0 Å². The topological polar surface area (TPSA) is 103 Å². The van der Waals surface area contributed by atoms with E-state index < -0.39 is 0 Å². The molecule has 1 fully saturated rings. The Bertz CT molecular complexity index is 600. The Hall–Kier alpha value is -2.45. The van der Waals surface area contributed by atoms with Crippen LogP contribution in [0.3, 0.4) is 0 Å². The third-order valence-corrected chi connectivity index (χ3v) is 3.81. The number of anilines is 2. The second kappa shape index (κ2) is 9.14. The molecule has 0 radical (unpaired) electrons. The fourth-order valence-corrected chi connectivity index (χ4v) is 2.47. The second-order valence-corrected chi connectivity index (χ2v) is 6.24.